The lowest BCUT2D eigenvalue weighted by Gasteiger charge is -2.32. The first-order valence-electron chi connectivity index (χ1n) is 8.73. The third kappa shape index (κ3) is 3.58. The van der Waals surface area contributed by atoms with E-state index in [1.165, 1.54) is 11.0 Å². The van der Waals surface area contributed by atoms with Crippen molar-refractivity contribution in [3.63, 3.8) is 0 Å². The van der Waals surface area contributed by atoms with Gasteiger partial charge in [0, 0.05) is 25.9 Å². The van der Waals surface area contributed by atoms with Crippen LogP contribution in [0.1, 0.15) is 23.2 Å². The molecule has 0 aliphatic carbocycles. The van der Waals surface area contributed by atoms with Crippen LogP contribution in [0.3, 0.4) is 0 Å². The molecule has 0 saturated carbocycles. The number of halogens is 2. The summed E-state index contributed by atoms with van der Waals surface area (Å²) in [5.74, 6) is -1.89. The maximum atomic E-state index is 13.8. The molecule has 0 N–H and O–H groups in total. The Kier molecular flexibility index (Phi) is 4.66. The zero-order valence-corrected chi connectivity index (χ0v) is 14.4. The van der Waals surface area contributed by atoms with Crippen LogP contribution in [0, 0.1) is 11.6 Å². The van der Waals surface area contributed by atoms with Gasteiger partial charge < -0.3 is 9.64 Å². The molecular weight excluding hydrogens is 352 g/mol. The van der Waals surface area contributed by atoms with Gasteiger partial charge in [-0.25, -0.2) is 18.7 Å². The van der Waals surface area contributed by atoms with E-state index in [1.54, 1.807) is 6.20 Å². The molecule has 0 atom stereocenters. The van der Waals surface area contributed by atoms with Crippen LogP contribution < -0.4 is 4.74 Å². The minimum atomic E-state index is -0.843. The molecule has 1 fully saturated rings. The molecule has 1 amide bonds. The number of nitrogens with zero attached hydrogens (tertiary/aromatic N) is 3. The number of fused-ring (bicyclic) bond motifs is 1. The number of para-hydroxylation sites is 2. The standard InChI is InChI=1S/C20H17F2N3O2/c21-14-4-3-5-15(22)19(14)20(26)25-10-8-13(9-11-25)27-18-12-23-16-6-1-2-7-17(16)24-18/h1-7,12-13H,8-11H2. The lowest BCUT2D eigenvalue weighted by Crippen LogP contribution is -2.42. The predicted octanol–water partition coefficient (Wildman–Crippen LogP) is 3.59. The molecule has 2 heterocycles. The van der Waals surface area contributed by atoms with E-state index in [4.69, 9.17) is 4.74 Å². The molecule has 27 heavy (non-hydrogen) atoms. The Morgan fingerprint density at radius 1 is 1.00 bits per heavy atom. The number of aromatic nitrogens is 2. The van der Waals surface area contributed by atoms with E-state index in [0.717, 1.165) is 23.2 Å². The molecule has 1 aliphatic heterocycles. The maximum absolute atomic E-state index is 13.8. The highest BCUT2D eigenvalue weighted by molar-refractivity contribution is 5.94. The number of carbonyl (C=O) groups is 1. The second-order valence-corrected chi connectivity index (χ2v) is 6.40. The summed E-state index contributed by atoms with van der Waals surface area (Å²) < 4.78 is 33.5. The Morgan fingerprint density at radius 2 is 1.67 bits per heavy atom. The van der Waals surface area contributed by atoms with Gasteiger partial charge in [-0.15, -0.1) is 0 Å². The number of rotatable bonds is 3. The fourth-order valence-corrected chi connectivity index (χ4v) is 3.20. The number of hydrogen-bond acceptors (Lipinski definition) is 4. The summed E-state index contributed by atoms with van der Waals surface area (Å²) in [5, 5.41) is 0. The van der Waals surface area contributed by atoms with Crippen LogP contribution in [0.25, 0.3) is 11.0 Å². The molecular formula is C20H17F2N3O2. The molecule has 2 aromatic carbocycles. The van der Waals surface area contributed by atoms with Crippen molar-refractivity contribution in [2.75, 3.05) is 13.1 Å². The summed E-state index contributed by atoms with van der Waals surface area (Å²) in [7, 11) is 0. The first-order chi connectivity index (χ1) is 13.1. The number of piperidine rings is 1. The predicted molar refractivity (Wildman–Crippen MR) is 95.4 cm³/mol. The Labute approximate surface area is 154 Å². The Morgan fingerprint density at radius 3 is 2.37 bits per heavy atom. The molecule has 7 heteroatoms. The van der Waals surface area contributed by atoms with E-state index < -0.39 is 23.1 Å². The van der Waals surface area contributed by atoms with Crippen molar-refractivity contribution in [3.05, 3.63) is 65.9 Å². The molecule has 3 aromatic rings. The van der Waals surface area contributed by atoms with Gasteiger partial charge in [0.05, 0.1) is 17.2 Å². The first kappa shape index (κ1) is 17.3. The molecule has 0 spiro atoms. The largest absolute Gasteiger partial charge is 0.473 e. The molecule has 1 aliphatic rings. The van der Waals surface area contributed by atoms with Crippen molar-refractivity contribution >= 4 is 16.9 Å². The normalized spacial score (nSPS) is 15.1. The quantitative estimate of drug-likeness (QED) is 0.708. The van der Waals surface area contributed by atoms with Crippen LogP contribution >= 0.6 is 0 Å². The number of benzene rings is 2. The molecule has 4 rings (SSSR count). The lowest BCUT2D eigenvalue weighted by molar-refractivity contribution is 0.0579. The highest BCUT2D eigenvalue weighted by Crippen LogP contribution is 2.22. The van der Waals surface area contributed by atoms with Crippen molar-refractivity contribution in [1.29, 1.82) is 0 Å². The first-order valence-corrected chi connectivity index (χ1v) is 8.73. The van der Waals surface area contributed by atoms with E-state index in [9.17, 15) is 13.6 Å². The Bertz CT molecular complexity index is 968. The third-order valence-corrected chi connectivity index (χ3v) is 4.62. The van der Waals surface area contributed by atoms with E-state index in [2.05, 4.69) is 9.97 Å². The fourth-order valence-electron chi connectivity index (χ4n) is 3.20. The van der Waals surface area contributed by atoms with E-state index >= 15 is 0 Å². The monoisotopic (exact) mass is 369 g/mol. The van der Waals surface area contributed by atoms with Crippen molar-refractivity contribution < 1.29 is 18.3 Å². The second-order valence-electron chi connectivity index (χ2n) is 6.40. The average molecular weight is 369 g/mol. The summed E-state index contributed by atoms with van der Waals surface area (Å²) in [5.41, 5.74) is 1.03. The summed E-state index contributed by atoms with van der Waals surface area (Å²) >= 11 is 0. The zero-order valence-electron chi connectivity index (χ0n) is 14.4. The van der Waals surface area contributed by atoms with Gasteiger partial charge in [-0.05, 0) is 24.3 Å². The van der Waals surface area contributed by atoms with Gasteiger partial charge in [0.1, 0.15) is 23.3 Å². The van der Waals surface area contributed by atoms with Crippen molar-refractivity contribution in [2.45, 2.75) is 18.9 Å². The SMILES string of the molecule is O=C(c1c(F)cccc1F)N1CCC(Oc2cnc3ccccc3n2)CC1. The van der Waals surface area contributed by atoms with Crippen LogP contribution in [-0.4, -0.2) is 40.0 Å². The van der Waals surface area contributed by atoms with Crippen LogP contribution in [0.5, 0.6) is 5.88 Å². The van der Waals surface area contributed by atoms with Crippen molar-refractivity contribution in [3.8, 4) is 5.88 Å². The van der Waals surface area contributed by atoms with Gasteiger partial charge in [0.15, 0.2) is 0 Å². The summed E-state index contributed by atoms with van der Waals surface area (Å²) in [6.45, 7) is 0.719. The topological polar surface area (TPSA) is 55.3 Å². The lowest BCUT2D eigenvalue weighted by atomic mass is 10.1. The molecule has 1 saturated heterocycles. The maximum Gasteiger partial charge on any atom is 0.259 e. The van der Waals surface area contributed by atoms with Crippen LogP contribution in [0.2, 0.25) is 0 Å². The Hall–Kier alpha value is -3.09. The van der Waals surface area contributed by atoms with E-state index in [-0.39, 0.29) is 6.10 Å². The second kappa shape index (κ2) is 7.26. The summed E-state index contributed by atoms with van der Waals surface area (Å²) in [6.07, 6.45) is 2.55. The number of hydrogen-bond donors (Lipinski definition) is 0. The highest BCUT2D eigenvalue weighted by atomic mass is 19.1. The van der Waals surface area contributed by atoms with Gasteiger partial charge in [-0.1, -0.05) is 18.2 Å². The number of amides is 1. The van der Waals surface area contributed by atoms with Crippen LogP contribution in [-0.2, 0) is 0 Å². The molecule has 138 valence electrons. The van der Waals surface area contributed by atoms with Crippen LogP contribution in [0.15, 0.2) is 48.7 Å². The zero-order chi connectivity index (χ0) is 18.8. The van der Waals surface area contributed by atoms with Crippen molar-refractivity contribution in [2.24, 2.45) is 0 Å². The van der Waals surface area contributed by atoms with Gasteiger partial charge in [-0.3, -0.25) is 4.79 Å². The van der Waals surface area contributed by atoms with Gasteiger partial charge in [0.25, 0.3) is 5.91 Å². The summed E-state index contributed by atoms with van der Waals surface area (Å²) in [6, 6.07) is 10.9. The third-order valence-electron chi connectivity index (χ3n) is 4.62. The molecule has 5 nitrogen and oxygen atoms in total. The summed E-state index contributed by atoms with van der Waals surface area (Å²) in [4.78, 5) is 22.6. The van der Waals surface area contributed by atoms with Gasteiger partial charge in [-0.2, -0.15) is 0 Å². The van der Waals surface area contributed by atoms with Crippen molar-refractivity contribution in [1.82, 2.24) is 14.9 Å². The number of carbonyl (C=O) groups excluding carboxylic acids is 1. The molecule has 0 unspecified atom stereocenters. The Balaban J connectivity index is 1.40. The minimum absolute atomic E-state index is 0.130. The average Bonchev–Trinajstić information content (AvgIpc) is 2.68. The number of ether oxygens (including phenoxy) is 1. The van der Waals surface area contributed by atoms with E-state index in [1.807, 2.05) is 24.3 Å². The van der Waals surface area contributed by atoms with Crippen LogP contribution in [0.4, 0.5) is 8.78 Å². The molecule has 0 bridgehead atoms. The van der Waals surface area contributed by atoms with Gasteiger partial charge in [0.2, 0.25) is 5.88 Å². The fraction of sp³-hybridized carbons (Fsp3) is 0.250. The number of likely N-dealkylation sites (tertiary alicyclic amines) is 1. The molecule has 0 radical (unpaired) electrons. The minimum Gasteiger partial charge on any atom is -0.473 e. The smallest absolute Gasteiger partial charge is 0.259 e. The molecule has 1 aromatic heterocycles. The highest BCUT2D eigenvalue weighted by Gasteiger charge is 2.28. The van der Waals surface area contributed by atoms with E-state index in [0.29, 0.717) is 31.8 Å². The van der Waals surface area contributed by atoms with Gasteiger partial charge >= 0.3 is 0 Å².